The molecule has 6 nitrogen and oxygen atoms in total. The first-order valence-corrected chi connectivity index (χ1v) is 8.16. The highest BCUT2D eigenvalue weighted by atomic mass is 16.3. The summed E-state index contributed by atoms with van der Waals surface area (Å²) in [6.07, 6.45) is 2.06. The molecule has 0 N–H and O–H groups in total. The average Bonchev–Trinajstić information content (AvgIpc) is 3.12. The Kier molecular flexibility index (Phi) is 3.40. The number of amides is 1. The summed E-state index contributed by atoms with van der Waals surface area (Å²) in [4.78, 5) is 14.6. The smallest absolute Gasteiger partial charge is 0.227 e. The Hall–Kier alpha value is -2.63. The summed E-state index contributed by atoms with van der Waals surface area (Å²) >= 11 is 0. The zero-order valence-corrected chi connectivity index (χ0v) is 14.2. The molecule has 6 heteroatoms. The van der Waals surface area contributed by atoms with Gasteiger partial charge in [0.1, 0.15) is 11.4 Å². The second-order valence-electron chi connectivity index (χ2n) is 6.50. The number of carbonyl (C=O) groups excluding carboxylic acids is 1. The first-order chi connectivity index (χ1) is 11.5. The van der Waals surface area contributed by atoms with Gasteiger partial charge in [-0.05, 0) is 44.0 Å². The number of carbonyl (C=O) groups is 1. The van der Waals surface area contributed by atoms with Gasteiger partial charge in [0.15, 0.2) is 5.82 Å². The minimum Gasteiger partial charge on any atom is -0.464 e. The number of rotatable bonds is 2. The van der Waals surface area contributed by atoms with Crippen molar-refractivity contribution in [2.75, 3.05) is 6.54 Å². The van der Waals surface area contributed by atoms with Crippen LogP contribution < -0.4 is 0 Å². The second kappa shape index (κ2) is 5.47. The van der Waals surface area contributed by atoms with E-state index < -0.39 is 0 Å². The van der Waals surface area contributed by atoms with Crippen molar-refractivity contribution in [1.82, 2.24) is 19.7 Å². The molecule has 3 aromatic rings. The van der Waals surface area contributed by atoms with Gasteiger partial charge < -0.3 is 13.9 Å². The fourth-order valence-electron chi connectivity index (χ4n) is 3.26. The molecule has 0 spiro atoms. The van der Waals surface area contributed by atoms with E-state index in [1.165, 1.54) is 11.1 Å². The number of fused-ring (bicyclic) bond motifs is 2. The van der Waals surface area contributed by atoms with Crippen LogP contribution in [0.1, 0.15) is 28.3 Å². The molecule has 0 saturated heterocycles. The summed E-state index contributed by atoms with van der Waals surface area (Å²) in [5, 5.41) is 9.27. The van der Waals surface area contributed by atoms with Crippen molar-refractivity contribution in [1.29, 1.82) is 0 Å². The summed E-state index contributed by atoms with van der Waals surface area (Å²) in [5.41, 5.74) is 4.19. The molecule has 0 bridgehead atoms. The molecule has 1 aliphatic heterocycles. The van der Waals surface area contributed by atoms with E-state index >= 15 is 0 Å². The molecule has 0 atom stereocenters. The van der Waals surface area contributed by atoms with Crippen LogP contribution in [0, 0.1) is 20.8 Å². The molecule has 0 aliphatic carbocycles. The number of hydrogen-bond donors (Lipinski definition) is 0. The summed E-state index contributed by atoms with van der Waals surface area (Å²) in [5.74, 6) is 1.86. The normalized spacial score (nSPS) is 14.2. The lowest BCUT2D eigenvalue weighted by molar-refractivity contribution is -0.132. The quantitative estimate of drug-likeness (QED) is 0.726. The van der Waals surface area contributed by atoms with Gasteiger partial charge in [-0.25, -0.2) is 0 Å². The van der Waals surface area contributed by atoms with Crippen molar-refractivity contribution in [3.05, 3.63) is 46.7 Å². The fourth-order valence-corrected chi connectivity index (χ4v) is 3.26. The van der Waals surface area contributed by atoms with E-state index in [-0.39, 0.29) is 5.91 Å². The van der Waals surface area contributed by atoms with Crippen LogP contribution in [0.15, 0.2) is 22.8 Å². The van der Waals surface area contributed by atoms with Gasteiger partial charge in [0.05, 0.1) is 19.2 Å². The van der Waals surface area contributed by atoms with E-state index in [2.05, 4.69) is 34.7 Å². The Morgan fingerprint density at radius 3 is 2.79 bits per heavy atom. The van der Waals surface area contributed by atoms with Crippen LogP contribution in [0.4, 0.5) is 0 Å². The largest absolute Gasteiger partial charge is 0.464 e. The zero-order valence-electron chi connectivity index (χ0n) is 14.2. The third-order valence-corrected chi connectivity index (χ3v) is 4.90. The van der Waals surface area contributed by atoms with Crippen LogP contribution in [0.2, 0.25) is 0 Å². The summed E-state index contributed by atoms with van der Waals surface area (Å²) < 4.78 is 7.71. The molecular weight excluding hydrogens is 304 g/mol. The van der Waals surface area contributed by atoms with E-state index in [0.29, 0.717) is 19.5 Å². The number of furan rings is 1. The second-order valence-corrected chi connectivity index (χ2v) is 6.50. The zero-order chi connectivity index (χ0) is 16.8. The van der Waals surface area contributed by atoms with Gasteiger partial charge in [-0.15, -0.1) is 10.2 Å². The molecule has 1 aliphatic rings. The Labute approximate surface area is 140 Å². The van der Waals surface area contributed by atoms with Crippen LogP contribution in [0.3, 0.4) is 0 Å². The highest BCUT2D eigenvalue weighted by molar-refractivity contribution is 5.88. The van der Waals surface area contributed by atoms with Crippen LogP contribution in [-0.2, 0) is 24.3 Å². The molecule has 1 amide bonds. The Bertz CT molecular complexity index is 938. The molecule has 4 rings (SSSR count). The van der Waals surface area contributed by atoms with Crippen molar-refractivity contribution < 1.29 is 9.21 Å². The predicted octanol–water partition coefficient (Wildman–Crippen LogP) is 2.53. The monoisotopic (exact) mass is 324 g/mol. The Balaban J connectivity index is 1.56. The molecule has 2 aromatic heterocycles. The van der Waals surface area contributed by atoms with Crippen LogP contribution >= 0.6 is 0 Å². The van der Waals surface area contributed by atoms with E-state index in [0.717, 1.165) is 34.7 Å². The van der Waals surface area contributed by atoms with Gasteiger partial charge in [0.25, 0.3) is 0 Å². The maximum Gasteiger partial charge on any atom is 0.227 e. The van der Waals surface area contributed by atoms with Gasteiger partial charge in [-0.3, -0.25) is 4.79 Å². The van der Waals surface area contributed by atoms with Gasteiger partial charge >= 0.3 is 0 Å². The average molecular weight is 324 g/mol. The van der Waals surface area contributed by atoms with E-state index in [1.54, 1.807) is 6.26 Å². The third-order valence-electron chi connectivity index (χ3n) is 4.90. The SMILES string of the molecule is Cc1cc2occ(CC(=O)N3CCn4c(C)nnc4C3)c2cc1C. The van der Waals surface area contributed by atoms with Gasteiger partial charge in [-0.2, -0.15) is 0 Å². The Morgan fingerprint density at radius 1 is 1.17 bits per heavy atom. The molecule has 0 radical (unpaired) electrons. The van der Waals surface area contributed by atoms with Crippen LogP contribution in [0.25, 0.3) is 11.0 Å². The topological polar surface area (TPSA) is 64.2 Å². The van der Waals surface area contributed by atoms with E-state index in [4.69, 9.17) is 4.42 Å². The van der Waals surface area contributed by atoms with Gasteiger partial charge in [0, 0.05) is 24.0 Å². The first-order valence-electron chi connectivity index (χ1n) is 8.16. The minimum atomic E-state index is 0.0998. The molecule has 124 valence electrons. The first kappa shape index (κ1) is 14.9. The third kappa shape index (κ3) is 2.38. The standard InChI is InChI=1S/C18H20N4O2/c1-11-6-15-14(10-24-16(15)7-12(11)2)8-18(23)21-4-5-22-13(3)19-20-17(22)9-21/h6-7,10H,4-5,8-9H2,1-3H3. The molecule has 1 aromatic carbocycles. The lowest BCUT2D eigenvalue weighted by Crippen LogP contribution is -2.39. The maximum atomic E-state index is 12.7. The van der Waals surface area contributed by atoms with E-state index in [9.17, 15) is 4.79 Å². The number of aromatic nitrogens is 3. The molecule has 24 heavy (non-hydrogen) atoms. The van der Waals surface area contributed by atoms with Crippen molar-refractivity contribution in [3.8, 4) is 0 Å². The van der Waals surface area contributed by atoms with Gasteiger partial charge in [-0.1, -0.05) is 0 Å². The number of hydrogen-bond acceptors (Lipinski definition) is 4. The highest BCUT2D eigenvalue weighted by Crippen LogP contribution is 2.26. The van der Waals surface area contributed by atoms with Crippen LogP contribution in [-0.4, -0.2) is 32.1 Å². The summed E-state index contributed by atoms with van der Waals surface area (Å²) in [6, 6.07) is 4.14. The molecule has 0 unspecified atom stereocenters. The highest BCUT2D eigenvalue weighted by Gasteiger charge is 2.24. The lowest BCUT2D eigenvalue weighted by atomic mass is 10.0. The number of benzene rings is 1. The predicted molar refractivity (Wildman–Crippen MR) is 89.6 cm³/mol. The molecule has 0 fully saturated rings. The van der Waals surface area contributed by atoms with Crippen molar-refractivity contribution in [3.63, 3.8) is 0 Å². The maximum absolute atomic E-state index is 12.7. The van der Waals surface area contributed by atoms with Gasteiger partial charge in [0.2, 0.25) is 5.91 Å². The summed E-state index contributed by atoms with van der Waals surface area (Å²) in [7, 11) is 0. The number of aryl methyl sites for hydroxylation is 3. The van der Waals surface area contributed by atoms with Crippen molar-refractivity contribution in [2.45, 2.75) is 40.3 Å². The van der Waals surface area contributed by atoms with Crippen molar-refractivity contribution in [2.24, 2.45) is 0 Å². The summed E-state index contributed by atoms with van der Waals surface area (Å²) in [6.45, 7) is 8.05. The van der Waals surface area contributed by atoms with Crippen molar-refractivity contribution >= 4 is 16.9 Å². The van der Waals surface area contributed by atoms with Crippen LogP contribution in [0.5, 0.6) is 0 Å². The Morgan fingerprint density at radius 2 is 1.96 bits per heavy atom. The minimum absolute atomic E-state index is 0.0998. The lowest BCUT2D eigenvalue weighted by Gasteiger charge is -2.27. The molecule has 3 heterocycles. The molecule has 0 saturated carbocycles. The fraction of sp³-hybridized carbons (Fsp3) is 0.389. The van der Waals surface area contributed by atoms with E-state index in [1.807, 2.05) is 17.9 Å². The molecular formula is C18H20N4O2. The number of nitrogens with zero attached hydrogens (tertiary/aromatic N) is 4.